The van der Waals surface area contributed by atoms with Crippen molar-refractivity contribution in [2.75, 3.05) is 57.8 Å². The van der Waals surface area contributed by atoms with Crippen LogP contribution >= 0.6 is 11.6 Å². The van der Waals surface area contributed by atoms with Crippen LogP contribution in [-0.2, 0) is 19.5 Å². The van der Waals surface area contributed by atoms with Crippen LogP contribution in [0.3, 0.4) is 0 Å². The molecule has 3 aromatic carbocycles. The fourth-order valence-corrected chi connectivity index (χ4v) is 7.00. The van der Waals surface area contributed by atoms with Crippen molar-refractivity contribution in [3.05, 3.63) is 101 Å². The van der Waals surface area contributed by atoms with Crippen molar-refractivity contribution in [3.63, 3.8) is 0 Å². The molecule has 0 radical (unpaired) electrons. The minimum Gasteiger partial charge on any atom is -0.495 e. The average Bonchev–Trinajstić information content (AvgIpc) is 3.42. The molecule has 1 aliphatic heterocycles. The molecule has 1 aliphatic rings. The van der Waals surface area contributed by atoms with Crippen LogP contribution in [0.2, 0.25) is 5.15 Å². The predicted octanol–water partition coefficient (Wildman–Crippen LogP) is 8.29. The number of ether oxygens (including phenoxy) is 1. The molecule has 5 rings (SSSR count). The van der Waals surface area contributed by atoms with Crippen LogP contribution in [0.25, 0.3) is 11.1 Å². The summed E-state index contributed by atoms with van der Waals surface area (Å²) >= 11 is 6.91. The highest BCUT2D eigenvalue weighted by Crippen LogP contribution is 2.29. The van der Waals surface area contributed by atoms with E-state index in [2.05, 4.69) is 75.6 Å². The van der Waals surface area contributed by atoms with Crippen molar-refractivity contribution in [2.45, 2.75) is 65.5 Å². The van der Waals surface area contributed by atoms with E-state index in [1.54, 1.807) is 7.11 Å². The molecule has 0 N–H and O–H groups in total. The average molecular weight is 667 g/mol. The third-order valence-electron chi connectivity index (χ3n) is 9.42. The summed E-state index contributed by atoms with van der Waals surface area (Å²) in [6.07, 6.45) is 6.57. The first-order valence-corrected chi connectivity index (χ1v) is 18.1. The van der Waals surface area contributed by atoms with Crippen LogP contribution in [0.4, 0.5) is 5.69 Å². The van der Waals surface area contributed by atoms with Gasteiger partial charge in [-0.25, -0.2) is 4.98 Å². The summed E-state index contributed by atoms with van der Waals surface area (Å²) in [5.74, 6) is 2.02. The number of anilines is 1. The summed E-state index contributed by atoms with van der Waals surface area (Å²) in [4.78, 5) is 12.5. The summed E-state index contributed by atoms with van der Waals surface area (Å²) in [5, 5.41) is 10.2. The van der Waals surface area contributed by atoms with Crippen molar-refractivity contribution < 1.29 is 4.74 Å². The fraction of sp³-hybridized carbons (Fsp3) is 0.450. The van der Waals surface area contributed by atoms with Gasteiger partial charge in [0.2, 0.25) is 0 Å². The Morgan fingerprint density at radius 2 is 1.62 bits per heavy atom. The lowest BCUT2D eigenvalue weighted by atomic mass is 9.99. The number of imidazole rings is 1. The van der Waals surface area contributed by atoms with Gasteiger partial charge in [-0.15, -0.1) is 0 Å². The molecule has 0 amide bonds. The van der Waals surface area contributed by atoms with E-state index >= 15 is 0 Å². The Labute approximate surface area is 292 Å². The molecule has 8 heteroatoms. The monoisotopic (exact) mass is 666 g/mol. The number of aromatic nitrogens is 2. The number of piperazine rings is 1. The summed E-state index contributed by atoms with van der Waals surface area (Å²) in [6, 6.07) is 27.0. The van der Waals surface area contributed by atoms with Gasteiger partial charge in [0.25, 0.3) is 0 Å². The Kier molecular flexibility index (Phi) is 13.4. The first-order chi connectivity index (χ1) is 23.5. The summed E-state index contributed by atoms with van der Waals surface area (Å²) in [5.41, 5.74) is 6.23. The number of rotatable bonds is 17. The van der Waals surface area contributed by atoms with Crippen LogP contribution in [0.15, 0.2) is 72.8 Å². The van der Waals surface area contributed by atoms with E-state index in [1.165, 1.54) is 17.7 Å². The molecule has 0 spiro atoms. The van der Waals surface area contributed by atoms with E-state index in [4.69, 9.17) is 21.3 Å². The van der Waals surface area contributed by atoms with Gasteiger partial charge >= 0.3 is 0 Å². The highest BCUT2D eigenvalue weighted by atomic mass is 35.5. The van der Waals surface area contributed by atoms with Gasteiger partial charge in [-0.05, 0) is 80.2 Å². The molecule has 0 bridgehead atoms. The highest BCUT2D eigenvalue weighted by Gasteiger charge is 2.21. The van der Waals surface area contributed by atoms with Crippen molar-refractivity contribution in [2.24, 2.45) is 0 Å². The van der Waals surface area contributed by atoms with Gasteiger partial charge in [0.15, 0.2) is 5.15 Å². The summed E-state index contributed by atoms with van der Waals surface area (Å²) in [6.45, 7) is 13.4. The number of nitrogens with zero attached hydrogens (tertiary/aromatic N) is 6. The summed E-state index contributed by atoms with van der Waals surface area (Å²) < 4.78 is 7.96. The number of aryl methyl sites for hydroxylation is 1. The van der Waals surface area contributed by atoms with Gasteiger partial charge in [0.05, 0.1) is 30.1 Å². The third-order valence-corrected chi connectivity index (χ3v) is 9.72. The zero-order valence-electron chi connectivity index (χ0n) is 29.0. The van der Waals surface area contributed by atoms with Crippen molar-refractivity contribution in [1.29, 1.82) is 5.26 Å². The lowest BCUT2D eigenvalue weighted by molar-refractivity contribution is 0.227. The van der Waals surface area contributed by atoms with Gasteiger partial charge in [0.1, 0.15) is 11.6 Å². The first-order valence-electron chi connectivity index (χ1n) is 17.7. The minimum absolute atomic E-state index is 0.634. The maximum atomic E-state index is 9.58. The number of methoxy groups -OCH3 is 1. The van der Waals surface area contributed by atoms with E-state index in [0.717, 1.165) is 119 Å². The number of benzene rings is 3. The second kappa shape index (κ2) is 18.1. The first kappa shape index (κ1) is 35.5. The number of hydrogen-bond donors (Lipinski definition) is 0. The standard InChI is InChI=1S/C40H51ClN6O/c1-4-6-17-39-43-40(41)37(47(39)30-32-18-20-33(21-19-32)35-14-8-7-13-34(35)29-42)31-45(22-5-2)24-12-11-23-44-25-27-46(28-26-44)36-15-9-10-16-38(36)48-3/h7-10,13-16,18-21H,4-6,11-12,17,22-28,30-31H2,1-3H3. The molecule has 1 fully saturated rings. The van der Waals surface area contributed by atoms with Crippen LogP contribution in [0, 0.1) is 11.3 Å². The van der Waals surface area contributed by atoms with Gasteiger partial charge in [-0.1, -0.05) is 86.5 Å². The number of halogens is 1. The van der Waals surface area contributed by atoms with E-state index in [0.29, 0.717) is 10.7 Å². The highest BCUT2D eigenvalue weighted by molar-refractivity contribution is 6.30. The molecule has 4 aromatic rings. The Balaban J connectivity index is 1.19. The van der Waals surface area contributed by atoms with Crippen molar-refractivity contribution in [1.82, 2.24) is 19.4 Å². The molecule has 48 heavy (non-hydrogen) atoms. The van der Waals surface area contributed by atoms with Crippen LogP contribution in [0.5, 0.6) is 5.75 Å². The van der Waals surface area contributed by atoms with E-state index in [1.807, 2.05) is 36.4 Å². The van der Waals surface area contributed by atoms with Crippen LogP contribution < -0.4 is 9.64 Å². The lowest BCUT2D eigenvalue weighted by Crippen LogP contribution is -2.46. The molecule has 0 aliphatic carbocycles. The summed E-state index contributed by atoms with van der Waals surface area (Å²) in [7, 11) is 1.75. The third kappa shape index (κ3) is 9.19. The molecule has 1 aromatic heterocycles. The van der Waals surface area contributed by atoms with Gasteiger partial charge in [-0.3, -0.25) is 9.80 Å². The Hall–Kier alpha value is -3.83. The van der Waals surface area contributed by atoms with Crippen molar-refractivity contribution in [3.8, 4) is 22.9 Å². The largest absolute Gasteiger partial charge is 0.495 e. The van der Waals surface area contributed by atoms with Gasteiger partial charge < -0.3 is 14.2 Å². The SMILES string of the molecule is CCCCc1nc(Cl)c(CN(CCC)CCCCN2CCN(c3ccccc3OC)CC2)n1Cc1ccc(-c2ccccc2C#N)cc1. The zero-order chi connectivity index (χ0) is 33.7. The van der Waals surface area contributed by atoms with E-state index < -0.39 is 0 Å². The zero-order valence-corrected chi connectivity index (χ0v) is 29.8. The van der Waals surface area contributed by atoms with Crippen molar-refractivity contribution >= 4 is 17.3 Å². The Morgan fingerprint density at radius 1 is 0.875 bits per heavy atom. The van der Waals surface area contributed by atoms with Crippen LogP contribution in [0.1, 0.15) is 68.6 Å². The molecular weight excluding hydrogens is 616 g/mol. The van der Waals surface area contributed by atoms with Gasteiger partial charge in [-0.2, -0.15) is 5.26 Å². The molecule has 7 nitrogen and oxygen atoms in total. The maximum Gasteiger partial charge on any atom is 0.151 e. The molecule has 0 saturated carbocycles. The minimum atomic E-state index is 0.634. The number of para-hydroxylation sites is 2. The number of hydrogen-bond acceptors (Lipinski definition) is 6. The molecular formula is C40H51ClN6O. The molecule has 254 valence electrons. The normalized spacial score (nSPS) is 13.6. The second-order valence-electron chi connectivity index (χ2n) is 12.8. The number of nitriles is 1. The van der Waals surface area contributed by atoms with E-state index in [9.17, 15) is 5.26 Å². The van der Waals surface area contributed by atoms with Crippen LogP contribution in [-0.4, -0.2) is 72.3 Å². The van der Waals surface area contributed by atoms with Gasteiger partial charge in [0, 0.05) is 45.7 Å². The topological polar surface area (TPSA) is 60.6 Å². The predicted molar refractivity (Wildman–Crippen MR) is 198 cm³/mol. The molecule has 0 unspecified atom stereocenters. The Morgan fingerprint density at radius 3 is 2.35 bits per heavy atom. The van der Waals surface area contributed by atoms with E-state index in [-0.39, 0.29) is 0 Å². The quantitative estimate of drug-likeness (QED) is 0.106. The second-order valence-corrected chi connectivity index (χ2v) is 13.2. The maximum absolute atomic E-state index is 9.58. The molecule has 2 heterocycles. The fourth-order valence-electron chi connectivity index (χ4n) is 6.75. The number of unbranched alkanes of at least 4 members (excludes halogenated alkanes) is 2. The lowest BCUT2D eigenvalue weighted by Gasteiger charge is -2.36. The molecule has 0 atom stereocenters. The smallest absolute Gasteiger partial charge is 0.151 e. The molecule has 1 saturated heterocycles. The Bertz CT molecular complexity index is 1620.